The third kappa shape index (κ3) is 5.94. The van der Waals surface area contributed by atoms with Crippen molar-refractivity contribution in [3.05, 3.63) is 118 Å². The number of amides is 2. The molecule has 3 aliphatic rings. The molecule has 2 amide bonds. The molecule has 0 saturated carbocycles. The molecule has 8 rings (SSSR count). The summed E-state index contributed by atoms with van der Waals surface area (Å²) < 4.78 is 27.1. The lowest BCUT2D eigenvalue weighted by molar-refractivity contribution is -0.117. The van der Waals surface area contributed by atoms with Gasteiger partial charge in [-0.3, -0.25) is 14.5 Å². The van der Waals surface area contributed by atoms with Gasteiger partial charge in [0.1, 0.15) is 17.3 Å². The van der Waals surface area contributed by atoms with E-state index in [2.05, 4.69) is 10.00 Å². The van der Waals surface area contributed by atoms with Crippen LogP contribution >= 0.6 is 11.3 Å². The Balaban J connectivity index is 1.06. The third-order valence-electron chi connectivity index (χ3n) is 9.54. The van der Waals surface area contributed by atoms with Gasteiger partial charge in [0.15, 0.2) is 10.8 Å². The minimum Gasteiger partial charge on any atom is -0.497 e. The number of methoxy groups -OCH3 is 1. The number of thiophene rings is 1. The summed E-state index contributed by atoms with van der Waals surface area (Å²) in [4.78, 5) is 47.1. The second-order valence-corrected chi connectivity index (χ2v) is 13.7. The molecule has 5 heterocycles. The Kier molecular flexibility index (Phi) is 8.41. The Bertz CT molecular complexity index is 2110. The number of fused-ring (bicyclic) bond motifs is 2. The number of rotatable bonds is 8. The lowest BCUT2D eigenvalue weighted by Crippen LogP contribution is -2.39. The minimum absolute atomic E-state index is 0.0965. The fourth-order valence-corrected chi connectivity index (χ4v) is 7.98. The summed E-state index contributed by atoms with van der Waals surface area (Å²) in [6.07, 6.45) is 2.53. The van der Waals surface area contributed by atoms with Crippen LogP contribution in [0.4, 0.5) is 15.8 Å². The number of halogens is 1. The first-order chi connectivity index (χ1) is 24.4. The van der Waals surface area contributed by atoms with Crippen LogP contribution in [0, 0.1) is 5.82 Å². The number of hydrogen-bond donors (Lipinski definition) is 0. The number of esters is 1. The molecule has 3 aliphatic heterocycles. The first-order valence-corrected chi connectivity index (χ1v) is 17.5. The van der Waals surface area contributed by atoms with Gasteiger partial charge >= 0.3 is 5.97 Å². The molecule has 0 N–H and O–H groups in total. The highest BCUT2D eigenvalue weighted by Gasteiger charge is 2.36. The van der Waals surface area contributed by atoms with Gasteiger partial charge < -0.3 is 19.3 Å². The van der Waals surface area contributed by atoms with Crippen molar-refractivity contribution >= 4 is 40.5 Å². The van der Waals surface area contributed by atoms with E-state index < -0.39 is 5.97 Å². The molecule has 5 aromatic rings. The van der Waals surface area contributed by atoms with E-state index in [0.29, 0.717) is 78.0 Å². The zero-order valence-corrected chi connectivity index (χ0v) is 28.2. The van der Waals surface area contributed by atoms with Crippen LogP contribution in [0.1, 0.15) is 55.4 Å². The van der Waals surface area contributed by atoms with Gasteiger partial charge in [-0.2, -0.15) is 5.10 Å². The molecule has 0 unspecified atom stereocenters. The van der Waals surface area contributed by atoms with E-state index in [-0.39, 0.29) is 23.3 Å². The maximum atomic E-state index is 14.3. The van der Waals surface area contributed by atoms with E-state index in [1.807, 2.05) is 36.4 Å². The molecule has 1 saturated heterocycles. The third-order valence-corrected chi connectivity index (χ3v) is 10.7. The van der Waals surface area contributed by atoms with E-state index in [0.717, 1.165) is 35.5 Å². The number of aromatic nitrogens is 2. The molecule has 10 nitrogen and oxygen atoms in total. The van der Waals surface area contributed by atoms with E-state index in [1.165, 1.54) is 22.1 Å². The summed E-state index contributed by atoms with van der Waals surface area (Å²) in [5.74, 6) is -0.390. The Morgan fingerprint density at radius 1 is 0.880 bits per heavy atom. The van der Waals surface area contributed by atoms with E-state index in [1.54, 1.807) is 53.3 Å². The summed E-state index contributed by atoms with van der Waals surface area (Å²) in [7, 11) is 1.58. The average molecular weight is 692 g/mol. The molecule has 0 spiro atoms. The fourth-order valence-electron chi connectivity index (χ4n) is 6.97. The number of carbonyl (C=O) groups excluding carboxylic acids is 3. The van der Waals surface area contributed by atoms with Gasteiger partial charge in [-0.05, 0) is 85.5 Å². The summed E-state index contributed by atoms with van der Waals surface area (Å²) in [6, 6.07) is 23.2. The Morgan fingerprint density at radius 3 is 2.34 bits per heavy atom. The number of benzene rings is 3. The molecule has 254 valence electrons. The van der Waals surface area contributed by atoms with Crippen molar-refractivity contribution < 1.29 is 28.2 Å². The predicted octanol–water partition coefficient (Wildman–Crippen LogP) is 6.19. The number of anilines is 2. The van der Waals surface area contributed by atoms with Crippen LogP contribution in [0.3, 0.4) is 0 Å². The predicted molar refractivity (Wildman–Crippen MR) is 187 cm³/mol. The number of carbonyl (C=O) groups is 3. The summed E-state index contributed by atoms with van der Waals surface area (Å²) >= 11 is 1.43. The largest absolute Gasteiger partial charge is 0.497 e. The van der Waals surface area contributed by atoms with Crippen LogP contribution < -0.4 is 19.3 Å². The number of ether oxygens (including phenoxy) is 2. The van der Waals surface area contributed by atoms with Crippen LogP contribution in [0.25, 0.3) is 5.69 Å². The molecule has 50 heavy (non-hydrogen) atoms. The van der Waals surface area contributed by atoms with Gasteiger partial charge in [0.2, 0.25) is 5.91 Å². The lowest BCUT2D eigenvalue weighted by atomic mass is 10.0. The van der Waals surface area contributed by atoms with Gasteiger partial charge in [-0.1, -0.05) is 18.2 Å². The number of hydrogen-bond acceptors (Lipinski definition) is 8. The first kappa shape index (κ1) is 31.9. The summed E-state index contributed by atoms with van der Waals surface area (Å²) in [5, 5.41) is 5.15. The Morgan fingerprint density at radius 2 is 1.62 bits per heavy atom. The van der Waals surface area contributed by atoms with Crippen LogP contribution in [0.2, 0.25) is 0 Å². The highest BCUT2D eigenvalue weighted by Crippen LogP contribution is 2.36. The zero-order valence-electron chi connectivity index (χ0n) is 27.4. The maximum absolute atomic E-state index is 14.3. The quantitative estimate of drug-likeness (QED) is 0.179. The number of nitrogens with zero attached hydrogens (tertiary/aromatic N) is 5. The summed E-state index contributed by atoms with van der Waals surface area (Å²) in [6.45, 7) is 2.92. The van der Waals surface area contributed by atoms with Crippen molar-refractivity contribution in [3.63, 3.8) is 0 Å². The van der Waals surface area contributed by atoms with Crippen molar-refractivity contribution in [1.82, 2.24) is 14.7 Å². The van der Waals surface area contributed by atoms with Crippen molar-refractivity contribution in [2.45, 2.75) is 38.8 Å². The summed E-state index contributed by atoms with van der Waals surface area (Å²) in [5.41, 5.74) is 4.72. The van der Waals surface area contributed by atoms with Crippen LogP contribution in [0.15, 0.2) is 78.9 Å². The zero-order chi connectivity index (χ0) is 34.4. The van der Waals surface area contributed by atoms with E-state index in [4.69, 9.17) is 9.47 Å². The Labute approximate surface area is 292 Å². The van der Waals surface area contributed by atoms with Crippen molar-refractivity contribution in [2.75, 3.05) is 36.5 Å². The smallest absolute Gasteiger partial charge is 0.365 e. The molecular weight excluding hydrogens is 658 g/mol. The average Bonchev–Trinajstić information content (AvgIpc) is 3.86. The lowest BCUT2D eigenvalue weighted by Gasteiger charge is -2.28. The molecule has 3 aromatic carbocycles. The molecule has 1 fully saturated rings. The molecule has 2 aromatic heterocycles. The molecule has 12 heteroatoms. The van der Waals surface area contributed by atoms with Crippen LogP contribution in [0.5, 0.6) is 10.8 Å². The molecule has 0 bridgehead atoms. The fraction of sp³-hybridized carbons (Fsp3) is 0.263. The normalized spacial score (nSPS) is 16.0. The van der Waals surface area contributed by atoms with Gasteiger partial charge in [0, 0.05) is 66.5 Å². The maximum Gasteiger partial charge on any atom is 0.365 e. The van der Waals surface area contributed by atoms with Gasteiger partial charge in [-0.25, -0.2) is 13.9 Å². The van der Waals surface area contributed by atoms with Crippen LogP contribution in [-0.4, -0.2) is 59.2 Å². The molecule has 0 atom stereocenters. The first-order valence-electron chi connectivity index (χ1n) is 16.6. The minimum atomic E-state index is -0.629. The van der Waals surface area contributed by atoms with Gasteiger partial charge in [-0.15, -0.1) is 11.3 Å². The van der Waals surface area contributed by atoms with Gasteiger partial charge in [0.25, 0.3) is 5.91 Å². The van der Waals surface area contributed by atoms with E-state index in [9.17, 15) is 18.8 Å². The Hall–Kier alpha value is -5.33. The highest BCUT2D eigenvalue weighted by molar-refractivity contribution is 7.14. The van der Waals surface area contributed by atoms with E-state index >= 15 is 0 Å². The van der Waals surface area contributed by atoms with Crippen molar-refractivity contribution in [3.8, 4) is 16.5 Å². The topological polar surface area (TPSA) is 97.2 Å². The monoisotopic (exact) mass is 691 g/mol. The van der Waals surface area contributed by atoms with Crippen molar-refractivity contribution in [1.29, 1.82) is 0 Å². The molecule has 0 aliphatic carbocycles. The van der Waals surface area contributed by atoms with Gasteiger partial charge in [0.05, 0.1) is 12.8 Å². The highest BCUT2D eigenvalue weighted by atomic mass is 32.1. The molecular formula is C38H34FN5O5S. The standard InChI is InChI=1S/C38H34FN5O5S/c1-48-29-14-12-28(13-15-29)44-36-30(16-20-43(37(36)46)27-10-8-26(9-11-27)42-18-4-7-33(42)45)35(40-44)38(47)49-34-21-25-23-41(19-17-32(25)50-34)22-24-5-2-3-6-31(24)39/h2-3,5-6,8-15,21H,4,7,16-20,22-23H2,1H3. The molecule has 0 radical (unpaired) electrons. The second kappa shape index (κ2) is 13.2. The SMILES string of the molecule is COc1ccc(-n2nc(C(=O)Oc3cc4c(s3)CCN(Cc3ccccc3F)C4)c3c2C(=O)N(c2ccc(N4CCCC4=O)cc2)CC3)cc1. The second-order valence-electron chi connectivity index (χ2n) is 12.6. The van der Waals surface area contributed by atoms with Crippen molar-refractivity contribution in [2.24, 2.45) is 0 Å². The van der Waals surface area contributed by atoms with Crippen LogP contribution in [-0.2, 0) is 30.7 Å².